The highest BCUT2D eigenvalue weighted by Gasteiger charge is 2.24. The first-order chi connectivity index (χ1) is 20.8. The number of aryl methyl sites for hydroxylation is 2. The van der Waals surface area contributed by atoms with Crippen molar-refractivity contribution in [3.63, 3.8) is 0 Å². The molecular weight excluding hydrogens is 584 g/mol. The maximum Gasteiger partial charge on any atom is 0.322 e. The summed E-state index contributed by atoms with van der Waals surface area (Å²) in [4.78, 5) is 29.9. The first-order valence-corrected chi connectivity index (χ1v) is 14.9. The molecule has 8 nitrogen and oxygen atoms in total. The molecule has 0 atom stereocenters. The van der Waals surface area contributed by atoms with Gasteiger partial charge in [-0.25, -0.2) is 24.3 Å². The fraction of sp³-hybridized carbons (Fsp3) is 0.0938. The minimum absolute atomic E-state index is 0.00658. The number of hydrogen-bond acceptors (Lipinski definition) is 9. The van der Waals surface area contributed by atoms with Crippen LogP contribution in [0.1, 0.15) is 16.8 Å². The van der Waals surface area contributed by atoms with Crippen LogP contribution in [0.2, 0.25) is 0 Å². The minimum atomic E-state index is -0.569. The van der Waals surface area contributed by atoms with Crippen molar-refractivity contribution < 1.29 is 13.9 Å². The van der Waals surface area contributed by atoms with Crippen LogP contribution in [-0.2, 0) is 11.3 Å². The first-order valence-electron chi connectivity index (χ1n) is 13.2. The molecule has 0 radical (unpaired) electrons. The molecule has 4 aromatic heterocycles. The molecule has 0 saturated heterocycles. The number of ether oxygens (including phenoxy) is 1. The Hall–Kier alpha value is -5.00. The van der Waals surface area contributed by atoms with Gasteiger partial charge in [0.15, 0.2) is 11.6 Å². The predicted molar refractivity (Wildman–Crippen MR) is 170 cm³/mol. The summed E-state index contributed by atoms with van der Waals surface area (Å²) < 4.78 is 22.2. The number of benzene rings is 2. The summed E-state index contributed by atoms with van der Waals surface area (Å²) in [5.74, 6) is -0.467. The summed E-state index contributed by atoms with van der Waals surface area (Å²) in [7, 11) is 0. The van der Waals surface area contributed by atoms with Crippen molar-refractivity contribution in [1.29, 1.82) is 0 Å². The molecule has 0 fully saturated rings. The average molecular weight is 609 g/mol. The van der Waals surface area contributed by atoms with Crippen molar-refractivity contribution >= 4 is 44.5 Å². The van der Waals surface area contributed by atoms with E-state index < -0.39 is 5.82 Å². The van der Waals surface area contributed by atoms with E-state index in [9.17, 15) is 4.79 Å². The molecule has 0 unspecified atom stereocenters. The van der Waals surface area contributed by atoms with E-state index in [1.807, 2.05) is 37.4 Å². The van der Waals surface area contributed by atoms with Gasteiger partial charge in [-0.15, -0.1) is 22.7 Å². The van der Waals surface area contributed by atoms with E-state index in [2.05, 4.69) is 31.8 Å². The smallest absolute Gasteiger partial charge is 0.322 e. The Morgan fingerprint density at radius 2 is 1.95 bits per heavy atom. The monoisotopic (exact) mass is 608 g/mol. The molecule has 6 aromatic rings. The highest BCUT2D eigenvalue weighted by atomic mass is 32.1. The Morgan fingerprint density at radius 3 is 2.67 bits per heavy atom. The summed E-state index contributed by atoms with van der Waals surface area (Å²) >= 11 is 3.07. The molecule has 0 aliphatic carbocycles. The van der Waals surface area contributed by atoms with Crippen molar-refractivity contribution in [2.75, 3.05) is 5.73 Å². The molecule has 4 heterocycles. The van der Waals surface area contributed by atoms with Crippen molar-refractivity contribution in [3.05, 3.63) is 102 Å². The molecule has 0 spiro atoms. The van der Waals surface area contributed by atoms with Gasteiger partial charge in [0.25, 0.3) is 0 Å². The van der Waals surface area contributed by atoms with Gasteiger partial charge in [0.05, 0.1) is 4.70 Å². The van der Waals surface area contributed by atoms with Crippen molar-refractivity contribution in [2.45, 2.75) is 20.4 Å². The van der Waals surface area contributed by atoms with Crippen LogP contribution < -0.4 is 15.8 Å². The van der Waals surface area contributed by atoms with Gasteiger partial charge in [-0.05, 0) is 60.4 Å². The third kappa shape index (κ3) is 5.60. The summed E-state index contributed by atoms with van der Waals surface area (Å²) in [6.45, 7) is 7.68. The lowest BCUT2D eigenvalue weighted by molar-refractivity contribution is -0.116. The molecule has 1 amide bonds. The number of nitrogens with two attached hydrogens (primary N) is 1. The van der Waals surface area contributed by atoms with Crippen LogP contribution >= 0.6 is 22.7 Å². The number of thiophene rings is 1. The van der Waals surface area contributed by atoms with E-state index in [1.54, 1.807) is 48.1 Å². The van der Waals surface area contributed by atoms with E-state index >= 15 is 4.39 Å². The molecule has 214 valence electrons. The highest BCUT2D eigenvalue weighted by molar-refractivity contribution is 7.24. The van der Waals surface area contributed by atoms with Gasteiger partial charge in [0, 0.05) is 57.6 Å². The Balaban J connectivity index is 1.51. The zero-order valence-corrected chi connectivity index (χ0v) is 24.9. The maximum absolute atomic E-state index is 15.6. The largest absolute Gasteiger partial charge is 0.421 e. The molecule has 2 aromatic carbocycles. The Bertz CT molecular complexity index is 2010. The van der Waals surface area contributed by atoms with E-state index in [4.69, 9.17) is 10.5 Å². The van der Waals surface area contributed by atoms with Crippen molar-refractivity contribution in [2.24, 2.45) is 0 Å². The second-order valence-electron chi connectivity index (χ2n) is 9.70. The molecular formula is C32H25FN6O2S2. The van der Waals surface area contributed by atoms with Crippen LogP contribution in [0, 0.1) is 19.7 Å². The topological polar surface area (TPSA) is 116 Å². The molecule has 43 heavy (non-hydrogen) atoms. The number of thiazole rings is 1. The van der Waals surface area contributed by atoms with Crippen LogP contribution in [0.3, 0.4) is 0 Å². The van der Waals surface area contributed by atoms with E-state index in [0.717, 1.165) is 47.8 Å². The summed E-state index contributed by atoms with van der Waals surface area (Å²) in [6, 6.07) is 12.6. The van der Waals surface area contributed by atoms with Crippen LogP contribution in [0.4, 0.5) is 10.2 Å². The number of rotatable bonds is 8. The number of nitrogen functional groups attached to an aromatic ring is 1. The Labute approximate surface area is 254 Å². The quantitative estimate of drug-likeness (QED) is 0.172. The number of carbonyl (C=O) groups excluding carboxylic acids is 1. The summed E-state index contributed by atoms with van der Waals surface area (Å²) in [5, 5.41) is 6.26. The molecule has 0 aliphatic rings. The van der Waals surface area contributed by atoms with E-state index in [-0.39, 0.29) is 17.7 Å². The van der Waals surface area contributed by atoms with Crippen molar-refractivity contribution in [3.8, 4) is 43.9 Å². The first kappa shape index (κ1) is 28.1. The number of carbonyl (C=O) groups is 1. The molecule has 0 saturated carbocycles. The number of amides is 1. The molecule has 0 aliphatic heterocycles. The number of hydrogen-bond donors (Lipinski definition) is 2. The zero-order chi connectivity index (χ0) is 30.1. The third-order valence-corrected chi connectivity index (χ3v) is 8.85. The number of pyridine rings is 1. The number of nitrogens with one attached hydrogen (secondary N) is 1. The van der Waals surface area contributed by atoms with Crippen LogP contribution in [-0.4, -0.2) is 25.8 Å². The van der Waals surface area contributed by atoms with Gasteiger partial charge in [-0.3, -0.25) is 4.79 Å². The summed E-state index contributed by atoms with van der Waals surface area (Å²) in [5.41, 5.74) is 12.3. The van der Waals surface area contributed by atoms with Gasteiger partial charge in [-0.1, -0.05) is 30.8 Å². The molecule has 3 N–H and O–H groups in total. The number of nitrogens with zero attached hydrogens (tertiary/aromatic N) is 4. The van der Waals surface area contributed by atoms with Gasteiger partial charge in [0.2, 0.25) is 5.91 Å². The molecule has 6 rings (SSSR count). The minimum Gasteiger partial charge on any atom is -0.421 e. The van der Waals surface area contributed by atoms with Crippen molar-refractivity contribution in [1.82, 2.24) is 25.3 Å². The fourth-order valence-corrected chi connectivity index (χ4v) is 6.91. The number of fused-ring (bicyclic) bond motifs is 1. The average Bonchev–Trinajstić information content (AvgIpc) is 3.67. The Morgan fingerprint density at radius 1 is 1.09 bits per heavy atom. The SMILES string of the molecule is C=CC(=O)NCc1ccc(-c2sc3c(-c4nccs4)cnc(N)c3c2-c2ccc(Oc3nccc(C)n3)c(F)c2)c(C)c1. The maximum atomic E-state index is 15.6. The third-order valence-electron chi connectivity index (χ3n) is 6.79. The van der Waals surface area contributed by atoms with E-state index in [1.165, 1.54) is 23.5 Å². The standard InChI is InChI=1S/C32H25FN6O2S2/c1-4-25(40)37-15-19-5-7-21(17(2)13-19)28-26(27-29(43-28)22(16-38-30(27)34)31-35-11-12-42-31)20-6-8-24(23(33)14-20)41-32-36-10-9-18(3)39-32/h4-14,16H,1,15H2,2-3H3,(H2,34,38)(H,37,40). The van der Waals surface area contributed by atoms with Crippen LogP contribution in [0.5, 0.6) is 11.8 Å². The molecule has 11 heteroatoms. The lowest BCUT2D eigenvalue weighted by atomic mass is 9.95. The molecule has 0 bridgehead atoms. The second kappa shape index (κ2) is 11.7. The van der Waals surface area contributed by atoms with Crippen LogP contribution in [0.15, 0.2) is 79.1 Å². The lowest BCUT2D eigenvalue weighted by Crippen LogP contribution is -2.19. The van der Waals surface area contributed by atoms with Crippen LogP contribution in [0.25, 0.3) is 42.2 Å². The van der Waals surface area contributed by atoms with Gasteiger partial charge >= 0.3 is 6.01 Å². The van der Waals surface area contributed by atoms with Gasteiger partial charge in [0.1, 0.15) is 10.8 Å². The highest BCUT2D eigenvalue weighted by Crippen LogP contribution is 2.50. The number of halogens is 1. The number of aromatic nitrogens is 4. The zero-order valence-electron chi connectivity index (χ0n) is 23.2. The lowest BCUT2D eigenvalue weighted by Gasteiger charge is -2.12. The van der Waals surface area contributed by atoms with Gasteiger partial charge in [-0.2, -0.15) is 0 Å². The normalized spacial score (nSPS) is 11.0. The summed E-state index contributed by atoms with van der Waals surface area (Å²) in [6.07, 6.45) is 6.28. The van der Waals surface area contributed by atoms with E-state index in [0.29, 0.717) is 23.6 Å². The predicted octanol–water partition coefficient (Wildman–Crippen LogP) is 7.48. The Kier molecular flexibility index (Phi) is 7.66. The van der Waals surface area contributed by atoms with Gasteiger partial charge < -0.3 is 15.8 Å². The fourth-order valence-electron chi connectivity index (χ4n) is 4.76. The number of anilines is 1. The second-order valence-corrected chi connectivity index (χ2v) is 11.6.